The molecule has 1 aromatic carbocycles. The number of hydrogen-bond donors (Lipinski definition) is 2. The van der Waals surface area contributed by atoms with Crippen LogP contribution in [0.3, 0.4) is 0 Å². The zero-order valence-corrected chi connectivity index (χ0v) is 19.7. The summed E-state index contributed by atoms with van der Waals surface area (Å²) in [6.07, 6.45) is 1.21. The van der Waals surface area contributed by atoms with Crippen molar-refractivity contribution >= 4 is 29.4 Å². The molecule has 3 rings (SSSR count). The van der Waals surface area contributed by atoms with E-state index < -0.39 is 5.97 Å². The molecule has 7 nitrogen and oxygen atoms in total. The summed E-state index contributed by atoms with van der Waals surface area (Å²) < 4.78 is 5.31. The fourth-order valence-electron chi connectivity index (χ4n) is 4.06. The van der Waals surface area contributed by atoms with Gasteiger partial charge in [-0.05, 0) is 63.8 Å². The maximum absolute atomic E-state index is 13.2. The lowest BCUT2D eigenvalue weighted by atomic mass is 9.96. The number of halogens is 1. The largest absolute Gasteiger partial charge is 0.459 e. The maximum atomic E-state index is 13.2. The highest BCUT2D eigenvalue weighted by atomic mass is 35.5. The van der Waals surface area contributed by atoms with Gasteiger partial charge in [-0.15, -0.1) is 0 Å². The molecular formula is C24H30ClN3O4. The number of piperidine rings is 1. The predicted octanol–water partition coefficient (Wildman–Crippen LogP) is 4.02. The minimum Gasteiger partial charge on any atom is -0.459 e. The van der Waals surface area contributed by atoms with Gasteiger partial charge in [-0.2, -0.15) is 0 Å². The van der Waals surface area contributed by atoms with Gasteiger partial charge in [0.1, 0.15) is 5.69 Å². The van der Waals surface area contributed by atoms with Crippen LogP contribution in [-0.2, 0) is 16.1 Å². The summed E-state index contributed by atoms with van der Waals surface area (Å²) in [5.74, 6) is -1.01. The van der Waals surface area contributed by atoms with Crippen LogP contribution in [0.15, 0.2) is 24.3 Å². The van der Waals surface area contributed by atoms with Crippen LogP contribution in [0.1, 0.15) is 64.4 Å². The van der Waals surface area contributed by atoms with Crippen LogP contribution in [-0.4, -0.2) is 46.9 Å². The summed E-state index contributed by atoms with van der Waals surface area (Å²) in [6.45, 7) is 8.36. The SMILES string of the molecule is Cc1[nH]c(C(=O)N2CCC[C@@H](C(=O)NCc3cccc(Cl)c3)C2)c(C)c1C(=O)OC(C)C. The van der Waals surface area contributed by atoms with Crippen molar-refractivity contribution < 1.29 is 19.1 Å². The van der Waals surface area contributed by atoms with Crippen molar-refractivity contribution in [2.75, 3.05) is 13.1 Å². The molecule has 1 aliphatic heterocycles. The molecule has 0 unspecified atom stereocenters. The molecular weight excluding hydrogens is 430 g/mol. The second-order valence-corrected chi connectivity index (χ2v) is 8.95. The Bertz CT molecular complexity index is 1010. The number of benzene rings is 1. The molecule has 1 aromatic heterocycles. The normalized spacial score (nSPS) is 16.2. The van der Waals surface area contributed by atoms with E-state index in [-0.39, 0.29) is 23.8 Å². The zero-order valence-electron chi connectivity index (χ0n) is 19.0. The average molecular weight is 460 g/mol. The first-order chi connectivity index (χ1) is 15.2. The fourth-order valence-corrected chi connectivity index (χ4v) is 4.27. The molecule has 0 bridgehead atoms. The van der Waals surface area contributed by atoms with E-state index in [0.29, 0.717) is 47.2 Å². The second-order valence-electron chi connectivity index (χ2n) is 8.52. The third kappa shape index (κ3) is 5.51. The summed E-state index contributed by atoms with van der Waals surface area (Å²) in [5.41, 5.74) is 2.87. The number of nitrogens with one attached hydrogen (secondary N) is 2. The predicted molar refractivity (Wildman–Crippen MR) is 123 cm³/mol. The van der Waals surface area contributed by atoms with Gasteiger partial charge in [0.05, 0.1) is 17.6 Å². The fraction of sp³-hybridized carbons (Fsp3) is 0.458. The van der Waals surface area contributed by atoms with E-state index in [0.717, 1.165) is 18.4 Å². The van der Waals surface area contributed by atoms with Gasteiger partial charge in [0.2, 0.25) is 5.91 Å². The number of aromatic nitrogens is 1. The summed E-state index contributed by atoms with van der Waals surface area (Å²) in [4.78, 5) is 43.1. The topological polar surface area (TPSA) is 91.5 Å². The Morgan fingerprint density at radius 2 is 2.03 bits per heavy atom. The number of aromatic amines is 1. The highest BCUT2D eigenvalue weighted by Crippen LogP contribution is 2.24. The molecule has 2 aromatic rings. The molecule has 2 N–H and O–H groups in total. The number of ether oxygens (including phenoxy) is 1. The number of carbonyl (C=O) groups is 3. The van der Waals surface area contributed by atoms with Crippen LogP contribution in [0.4, 0.5) is 0 Å². The van der Waals surface area contributed by atoms with E-state index in [1.54, 1.807) is 38.7 Å². The first kappa shape index (κ1) is 23.9. The van der Waals surface area contributed by atoms with Crippen LogP contribution in [0.5, 0.6) is 0 Å². The van der Waals surface area contributed by atoms with Crippen LogP contribution >= 0.6 is 11.6 Å². The van der Waals surface area contributed by atoms with Crippen molar-refractivity contribution in [1.29, 1.82) is 0 Å². The number of nitrogens with zero attached hydrogens (tertiary/aromatic N) is 1. The molecule has 0 radical (unpaired) electrons. The van der Waals surface area contributed by atoms with Crippen LogP contribution in [0, 0.1) is 19.8 Å². The second kappa shape index (κ2) is 10.2. The maximum Gasteiger partial charge on any atom is 0.340 e. The first-order valence-corrected chi connectivity index (χ1v) is 11.3. The van der Waals surface area contributed by atoms with Gasteiger partial charge in [-0.3, -0.25) is 9.59 Å². The van der Waals surface area contributed by atoms with Crippen molar-refractivity contribution in [1.82, 2.24) is 15.2 Å². The van der Waals surface area contributed by atoms with Gasteiger partial charge in [-0.25, -0.2) is 4.79 Å². The van der Waals surface area contributed by atoms with E-state index >= 15 is 0 Å². The zero-order chi connectivity index (χ0) is 23.4. The molecule has 8 heteroatoms. The lowest BCUT2D eigenvalue weighted by Gasteiger charge is -2.32. The van der Waals surface area contributed by atoms with Crippen molar-refractivity contribution in [3.05, 3.63) is 57.4 Å². The number of hydrogen-bond acceptors (Lipinski definition) is 4. The molecule has 1 saturated heterocycles. The third-order valence-corrected chi connectivity index (χ3v) is 5.87. The van der Waals surface area contributed by atoms with Gasteiger partial charge in [-0.1, -0.05) is 23.7 Å². The number of aryl methyl sites for hydroxylation is 1. The van der Waals surface area contributed by atoms with Crippen molar-refractivity contribution in [2.24, 2.45) is 5.92 Å². The van der Waals surface area contributed by atoms with Gasteiger partial charge < -0.3 is 19.9 Å². The van der Waals surface area contributed by atoms with Crippen molar-refractivity contribution in [3.8, 4) is 0 Å². The molecule has 0 aliphatic carbocycles. The Balaban J connectivity index is 1.66. The Kier molecular flexibility index (Phi) is 7.61. The standard InChI is InChI=1S/C24H30ClN3O4/c1-14(2)32-24(31)20-15(3)21(27-16(20)4)23(30)28-10-6-8-18(13-28)22(29)26-12-17-7-5-9-19(25)11-17/h5,7,9,11,14,18,27H,6,8,10,12-13H2,1-4H3,(H,26,29)/t18-/m1/s1. The van der Waals surface area contributed by atoms with E-state index in [1.165, 1.54) is 0 Å². The smallest absolute Gasteiger partial charge is 0.340 e. The van der Waals surface area contributed by atoms with Gasteiger partial charge >= 0.3 is 5.97 Å². The van der Waals surface area contributed by atoms with E-state index in [9.17, 15) is 14.4 Å². The average Bonchev–Trinajstić information content (AvgIpc) is 3.05. The summed E-state index contributed by atoms with van der Waals surface area (Å²) >= 11 is 6.00. The molecule has 2 amide bonds. The Morgan fingerprint density at radius 3 is 2.72 bits per heavy atom. The van der Waals surface area contributed by atoms with E-state index in [2.05, 4.69) is 10.3 Å². The number of rotatable bonds is 6. The van der Waals surface area contributed by atoms with Crippen LogP contribution < -0.4 is 5.32 Å². The molecule has 2 heterocycles. The monoisotopic (exact) mass is 459 g/mol. The number of amides is 2. The summed E-state index contributed by atoms with van der Waals surface area (Å²) in [7, 11) is 0. The van der Waals surface area contributed by atoms with Gasteiger partial charge in [0.15, 0.2) is 0 Å². The molecule has 172 valence electrons. The first-order valence-electron chi connectivity index (χ1n) is 10.9. The third-order valence-electron chi connectivity index (χ3n) is 5.63. The van der Waals surface area contributed by atoms with E-state index in [4.69, 9.17) is 16.3 Å². The minimum absolute atomic E-state index is 0.0805. The Hall–Kier alpha value is -2.80. The Labute approximate surface area is 193 Å². The van der Waals surface area contributed by atoms with Crippen molar-refractivity contribution in [3.63, 3.8) is 0 Å². The number of carbonyl (C=O) groups excluding carboxylic acids is 3. The Morgan fingerprint density at radius 1 is 1.28 bits per heavy atom. The molecule has 1 aliphatic rings. The number of esters is 1. The van der Waals surface area contributed by atoms with Crippen LogP contribution in [0.2, 0.25) is 5.02 Å². The molecule has 0 spiro atoms. The minimum atomic E-state index is -0.442. The quantitative estimate of drug-likeness (QED) is 0.638. The summed E-state index contributed by atoms with van der Waals surface area (Å²) in [5, 5.41) is 3.57. The number of likely N-dealkylation sites (tertiary alicyclic amines) is 1. The van der Waals surface area contributed by atoms with E-state index in [1.807, 2.05) is 18.2 Å². The van der Waals surface area contributed by atoms with Gasteiger partial charge in [0.25, 0.3) is 5.91 Å². The lowest BCUT2D eigenvalue weighted by molar-refractivity contribution is -0.126. The van der Waals surface area contributed by atoms with Crippen molar-refractivity contribution in [2.45, 2.75) is 53.2 Å². The number of H-pyrrole nitrogens is 1. The molecule has 32 heavy (non-hydrogen) atoms. The molecule has 0 saturated carbocycles. The summed E-state index contributed by atoms with van der Waals surface area (Å²) in [6, 6.07) is 7.35. The van der Waals surface area contributed by atoms with Gasteiger partial charge in [0, 0.05) is 30.4 Å². The highest BCUT2D eigenvalue weighted by molar-refractivity contribution is 6.30. The lowest BCUT2D eigenvalue weighted by Crippen LogP contribution is -2.45. The molecule has 1 fully saturated rings. The van der Waals surface area contributed by atoms with Crippen LogP contribution in [0.25, 0.3) is 0 Å². The molecule has 1 atom stereocenters. The highest BCUT2D eigenvalue weighted by Gasteiger charge is 2.32.